The standard InChI is InChI=1S/C15H9FO2/c16-11-7-5-10(6-8-11)13-9-18-14-4-2-1-3-12(14)15(13)17/h1-9H. The van der Waals surface area contributed by atoms with E-state index in [9.17, 15) is 9.18 Å². The minimum absolute atomic E-state index is 0.108. The lowest BCUT2D eigenvalue weighted by Crippen LogP contribution is -2.04. The van der Waals surface area contributed by atoms with Crippen molar-refractivity contribution in [3.63, 3.8) is 0 Å². The van der Waals surface area contributed by atoms with Gasteiger partial charge in [-0.25, -0.2) is 4.39 Å². The number of fused-ring (bicyclic) bond motifs is 1. The topological polar surface area (TPSA) is 30.2 Å². The van der Waals surface area contributed by atoms with Crippen LogP contribution in [0.1, 0.15) is 0 Å². The molecule has 0 amide bonds. The van der Waals surface area contributed by atoms with E-state index in [1.807, 2.05) is 6.07 Å². The normalized spacial score (nSPS) is 10.7. The monoisotopic (exact) mass is 240 g/mol. The molecule has 0 fully saturated rings. The van der Waals surface area contributed by atoms with Gasteiger partial charge < -0.3 is 4.42 Å². The zero-order chi connectivity index (χ0) is 12.5. The van der Waals surface area contributed by atoms with Crippen molar-refractivity contribution in [2.45, 2.75) is 0 Å². The second kappa shape index (κ2) is 4.11. The molecular weight excluding hydrogens is 231 g/mol. The first-order chi connectivity index (χ1) is 8.75. The van der Waals surface area contributed by atoms with Crippen LogP contribution in [0.2, 0.25) is 0 Å². The van der Waals surface area contributed by atoms with Crippen LogP contribution < -0.4 is 5.43 Å². The first-order valence-electron chi connectivity index (χ1n) is 5.52. The maximum absolute atomic E-state index is 12.9. The Morgan fingerprint density at radius 1 is 0.944 bits per heavy atom. The van der Waals surface area contributed by atoms with Gasteiger partial charge in [0.15, 0.2) is 5.43 Å². The Kier molecular flexibility index (Phi) is 2.45. The summed E-state index contributed by atoms with van der Waals surface area (Å²) >= 11 is 0. The highest BCUT2D eigenvalue weighted by molar-refractivity contribution is 5.81. The van der Waals surface area contributed by atoms with E-state index in [1.165, 1.54) is 18.4 Å². The van der Waals surface area contributed by atoms with Gasteiger partial charge in [0.2, 0.25) is 0 Å². The first kappa shape index (κ1) is 10.7. The largest absolute Gasteiger partial charge is 0.463 e. The van der Waals surface area contributed by atoms with Crippen LogP contribution in [0.15, 0.2) is 64.0 Å². The van der Waals surface area contributed by atoms with Crippen LogP contribution in [0.25, 0.3) is 22.1 Å². The number of hydrogen-bond acceptors (Lipinski definition) is 2. The molecular formula is C15H9FO2. The molecule has 1 heterocycles. The highest BCUT2D eigenvalue weighted by Gasteiger charge is 2.08. The molecule has 3 heteroatoms. The van der Waals surface area contributed by atoms with Crippen molar-refractivity contribution in [2.75, 3.05) is 0 Å². The summed E-state index contributed by atoms with van der Waals surface area (Å²) in [6, 6.07) is 12.8. The quantitative estimate of drug-likeness (QED) is 0.650. The molecule has 2 aromatic carbocycles. The Morgan fingerprint density at radius 3 is 2.44 bits per heavy atom. The van der Waals surface area contributed by atoms with Gasteiger partial charge in [-0.2, -0.15) is 0 Å². The van der Waals surface area contributed by atoms with Crippen LogP contribution in [0.3, 0.4) is 0 Å². The van der Waals surface area contributed by atoms with Crippen molar-refractivity contribution in [1.29, 1.82) is 0 Å². The van der Waals surface area contributed by atoms with Gasteiger partial charge in [0.05, 0.1) is 10.9 Å². The molecule has 0 N–H and O–H groups in total. The highest BCUT2D eigenvalue weighted by Crippen LogP contribution is 2.19. The summed E-state index contributed by atoms with van der Waals surface area (Å²) in [6.45, 7) is 0. The molecule has 0 aliphatic heterocycles. The van der Waals surface area contributed by atoms with E-state index in [0.29, 0.717) is 22.1 Å². The Balaban J connectivity index is 2.27. The van der Waals surface area contributed by atoms with Gasteiger partial charge in [-0.15, -0.1) is 0 Å². The van der Waals surface area contributed by atoms with Crippen molar-refractivity contribution in [1.82, 2.24) is 0 Å². The Hall–Kier alpha value is -2.42. The SMILES string of the molecule is O=c1c(-c2ccc(F)cc2)coc2ccccc12. The predicted molar refractivity (Wildman–Crippen MR) is 67.9 cm³/mol. The number of benzene rings is 2. The molecule has 3 aromatic rings. The van der Waals surface area contributed by atoms with Crippen molar-refractivity contribution < 1.29 is 8.81 Å². The average molecular weight is 240 g/mol. The minimum Gasteiger partial charge on any atom is -0.463 e. The van der Waals surface area contributed by atoms with E-state index in [0.717, 1.165) is 0 Å². The molecule has 0 spiro atoms. The molecule has 18 heavy (non-hydrogen) atoms. The molecule has 88 valence electrons. The summed E-state index contributed by atoms with van der Waals surface area (Å²) in [7, 11) is 0. The Labute approximate surface area is 102 Å². The van der Waals surface area contributed by atoms with Gasteiger partial charge in [-0.3, -0.25) is 4.79 Å². The first-order valence-corrected chi connectivity index (χ1v) is 5.52. The van der Waals surface area contributed by atoms with E-state index < -0.39 is 0 Å². The lowest BCUT2D eigenvalue weighted by molar-refractivity contribution is 0.604. The summed E-state index contributed by atoms with van der Waals surface area (Å²) in [6.07, 6.45) is 1.41. The maximum Gasteiger partial charge on any atom is 0.200 e. The lowest BCUT2D eigenvalue weighted by Gasteiger charge is -2.02. The Bertz CT molecular complexity index is 757. The molecule has 0 aliphatic carbocycles. The Morgan fingerprint density at radius 2 is 1.67 bits per heavy atom. The fourth-order valence-corrected chi connectivity index (χ4v) is 1.91. The van der Waals surface area contributed by atoms with Crippen LogP contribution in [-0.2, 0) is 0 Å². The molecule has 0 aliphatic rings. The number of para-hydroxylation sites is 1. The van der Waals surface area contributed by atoms with Gasteiger partial charge >= 0.3 is 0 Å². The van der Waals surface area contributed by atoms with Crippen LogP contribution in [-0.4, -0.2) is 0 Å². The number of halogens is 1. The van der Waals surface area contributed by atoms with E-state index >= 15 is 0 Å². The van der Waals surface area contributed by atoms with Gasteiger partial charge in [0.25, 0.3) is 0 Å². The maximum atomic E-state index is 12.9. The third kappa shape index (κ3) is 1.70. The summed E-state index contributed by atoms with van der Waals surface area (Å²) in [5.41, 5.74) is 1.53. The van der Waals surface area contributed by atoms with Gasteiger partial charge in [0, 0.05) is 0 Å². The van der Waals surface area contributed by atoms with Gasteiger partial charge in [-0.1, -0.05) is 24.3 Å². The molecule has 0 saturated carbocycles. The number of hydrogen-bond donors (Lipinski definition) is 0. The molecule has 0 bridgehead atoms. The van der Waals surface area contributed by atoms with E-state index in [1.54, 1.807) is 30.3 Å². The van der Waals surface area contributed by atoms with Crippen molar-refractivity contribution in [3.8, 4) is 11.1 Å². The fraction of sp³-hybridized carbons (Fsp3) is 0. The van der Waals surface area contributed by atoms with Crippen LogP contribution in [0.4, 0.5) is 4.39 Å². The third-order valence-corrected chi connectivity index (χ3v) is 2.84. The molecule has 0 unspecified atom stereocenters. The van der Waals surface area contributed by atoms with E-state index in [-0.39, 0.29) is 11.2 Å². The molecule has 0 radical (unpaired) electrons. The summed E-state index contributed by atoms with van der Waals surface area (Å²) < 4.78 is 18.3. The van der Waals surface area contributed by atoms with Crippen molar-refractivity contribution in [3.05, 3.63) is 70.8 Å². The van der Waals surface area contributed by atoms with Gasteiger partial charge in [0.1, 0.15) is 17.7 Å². The third-order valence-electron chi connectivity index (χ3n) is 2.84. The smallest absolute Gasteiger partial charge is 0.200 e. The van der Waals surface area contributed by atoms with Gasteiger partial charge in [-0.05, 0) is 29.8 Å². The molecule has 0 saturated heterocycles. The van der Waals surface area contributed by atoms with Crippen LogP contribution in [0, 0.1) is 5.82 Å². The van der Waals surface area contributed by atoms with Crippen molar-refractivity contribution >= 4 is 11.0 Å². The minimum atomic E-state index is -0.330. The molecule has 3 rings (SSSR count). The average Bonchev–Trinajstić information content (AvgIpc) is 2.41. The van der Waals surface area contributed by atoms with E-state index in [2.05, 4.69) is 0 Å². The summed E-state index contributed by atoms with van der Waals surface area (Å²) in [4.78, 5) is 12.3. The number of rotatable bonds is 1. The second-order valence-electron chi connectivity index (χ2n) is 3.98. The van der Waals surface area contributed by atoms with Crippen LogP contribution >= 0.6 is 0 Å². The molecule has 1 aromatic heterocycles. The predicted octanol–water partition coefficient (Wildman–Crippen LogP) is 3.60. The lowest BCUT2D eigenvalue weighted by atomic mass is 10.1. The summed E-state index contributed by atoms with van der Waals surface area (Å²) in [5.74, 6) is -0.330. The molecule has 2 nitrogen and oxygen atoms in total. The second-order valence-corrected chi connectivity index (χ2v) is 3.98. The fourth-order valence-electron chi connectivity index (χ4n) is 1.91. The summed E-state index contributed by atoms with van der Waals surface area (Å²) in [5, 5.41) is 0.527. The van der Waals surface area contributed by atoms with E-state index in [4.69, 9.17) is 4.42 Å². The highest BCUT2D eigenvalue weighted by atomic mass is 19.1. The molecule has 0 atom stereocenters. The zero-order valence-corrected chi connectivity index (χ0v) is 9.39. The zero-order valence-electron chi connectivity index (χ0n) is 9.39. The van der Waals surface area contributed by atoms with Crippen molar-refractivity contribution in [2.24, 2.45) is 0 Å². The van der Waals surface area contributed by atoms with Crippen LogP contribution in [0.5, 0.6) is 0 Å².